The normalized spacial score (nSPS) is 11.2. The van der Waals surface area contributed by atoms with E-state index in [2.05, 4.69) is 43.2 Å². The molecule has 0 spiro atoms. The second kappa shape index (κ2) is 5.36. The molecule has 0 atom stereocenters. The molecule has 3 heteroatoms. The fourth-order valence-electron chi connectivity index (χ4n) is 2.04. The van der Waals surface area contributed by atoms with Gasteiger partial charge in [-0.3, -0.25) is 4.68 Å². The van der Waals surface area contributed by atoms with Gasteiger partial charge in [0.25, 0.3) is 0 Å². The van der Waals surface area contributed by atoms with E-state index in [9.17, 15) is 0 Å². The lowest BCUT2D eigenvalue weighted by Gasteiger charge is -2.07. The van der Waals surface area contributed by atoms with Crippen LogP contribution in [0.2, 0.25) is 0 Å². The zero-order chi connectivity index (χ0) is 13.1. The van der Waals surface area contributed by atoms with Gasteiger partial charge in [-0.2, -0.15) is 5.10 Å². The zero-order valence-corrected chi connectivity index (χ0v) is 11.4. The number of rotatable bonds is 4. The highest BCUT2D eigenvalue weighted by molar-refractivity contribution is 5.25. The summed E-state index contributed by atoms with van der Waals surface area (Å²) in [5.74, 6) is 0.579. The first-order valence-electron chi connectivity index (χ1n) is 6.42. The van der Waals surface area contributed by atoms with Crippen molar-refractivity contribution in [2.45, 2.75) is 39.8 Å². The van der Waals surface area contributed by atoms with Crippen LogP contribution in [-0.4, -0.2) is 9.78 Å². The third-order valence-electron chi connectivity index (χ3n) is 3.26. The van der Waals surface area contributed by atoms with Crippen LogP contribution < -0.4 is 5.73 Å². The van der Waals surface area contributed by atoms with E-state index in [0.29, 0.717) is 12.5 Å². The van der Waals surface area contributed by atoms with Crippen LogP contribution in [0.4, 0.5) is 0 Å². The minimum absolute atomic E-state index is 0.554. The molecular weight excluding hydrogens is 222 g/mol. The smallest absolute Gasteiger partial charge is 0.0659 e. The van der Waals surface area contributed by atoms with Gasteiger partial charge in [0.2, 0.25) is 0 Å². The van der Waals surface area contributed by atoms with Gasteiger partial charge >= 0.3 is 0 Å². The highest BCUT2D eigenvalue weighted by Crippen LogP contribution is 2.15. The number of benzene rings is 1. The Labute approximate surface area is 109 Å². The van der Waals surface area contributed by atoms with Crippen molar-refractivity contribution in [1.29, 1.82) is 0 Å². The van der Waals surface area contributed by atoms with E-state index >= 15 is 0 Å². The molecule has 18 heavy (non-hydrogen) atoms. The molecule has 2 rings (SSSR count). The quantitative estimate of drug-likeness (QED) is 0.897. The van der Waals surface area contributed by atoms with Gasteiger partial charge in [0.1, 0.15) is 0 Å². The lowest BCUT2D eigenvalue weighted by molar-refractivity contribution is 0.678. The maximum Gasteiger partial charge on any atom is 0.0659 e. The van der Waals surface area contributed by atoms with Gasteiger partial charge < -0.3 is 5.73 Å². The molecule has 0 saturated carbocycles. The van der Waals surface area contributed by atoms with Crippen molar-refractivity contribution in [2.75, 3.05) is 0 Å². The summed E-state index contributed by atoms with van der Waals surface area (Å²) in [6, 6.07) is 8.74. The van der Waals surface area contributed by atoms with Crippen LogP contribution in [0.3, 0.4) is 0 Å². The van der Waals surface area contributed by atoms with Crippen molar-refractivity contribution in [1.82, 2.24) is 9.78 Å². The molecule has 1 aromatic heterocycles. The second-order valence-corrected chi connectivity index (χ2v) is 5.04. The van der Waals surface area contributed by atoms with Gasteiger partial charge in [-0.1, -0.05) is 38.1 Å². The van der Waals surface area contributed by atoms with Crippen molar-refractivity contribution in [3.8, 4) is 0 Å². The molecule has 0 saturated heterocycles. The summed E-state index contributed by atoms with van der Waals surface area (Å²) in [5, 5.41) is 4.47. The molecule has 0 fully saturated rings. The summed E-state index contributed by atoms with van der Waals surface area (Å²) in [4.78, 5) is 0. The van der Waals surface area contributed by atoms with E-state index in [1.807, 2.05) is 17.8 Å². The first kappa shape index (κ1) is 12.8. The minimum Gasteiger partial charge on any atom is -0.326 e. The van der Waals surface area contributed by atoms with Crippen LogP contribution in [-0.2, 0) is 13.1 Å². The van der Waals surface area contributed by atoms with Gasteiger partial charge in [-0.15, -0.1) is 0 Å². The van der Waals surface area contributed by atoms with Gasteiger partial charge in [0, 0.05) is 18.3 Å². The van der Waals surface area contributed by atoms with E-state index in [4.69, 9.17) is 5.73 Å². The molecule has 0 unspecified atom stereocenters. The van der Waals surface area contributed by atoms with Crippen LogP contribution in [0.25, 0.3) is 0 Å². The SMILES string of the molecule is Cc1nn(Cc2ccc(C(C)C)cc2)cc1CN. The van der Waals surface area contributed by atoms with Crippen LogP contribution in [0, 0.1) is 6.92 Å². The molecule has 0 amide bonds. The molecule has 0 aliphatic rings. The molecular formula is C15H21N3. The minimum atomic E-state index is 0.554. The molecule has 0 aliphatic heterocycles. The largest absolute Gasteiger partial charge is 0.326 e. The molecule has 0 bridgehead atoms. The predicted molar refractivity (Wildman–Crippen MR) is 74.5 cm³/mol. The third kappa shape index (κ3) is 2.79. The summed E-state index contributed by atoms with van der Waals surface area (Å²) < 4.78 is 1.96. The Morgan fingerprint density at radius 3 is 2.39 bits per heavy atom. The molecule has 2 N–H and O–H groups in total. The first-order chi connectivity index (χ1) is 8.60. The van der Waals surface area contributed by atoms with Gasteiger partial charge in [-0.25, -0.2) is 0 Å². The lowest BCUT2D eigenvalue weighted by Crippen LogP contribution is -2.01. The van der Waals surface area contributed by atoms with E-state index in [0.717, 1.165) is 17.8 Å². The maximum atomic E-state index is 5.66. The Balaban J connectivity index is 2.13. The van der Waals surface area contributed by atoms with Crippen molar-refractivity contribution < 1.29 is 0 Å². The Hall–Kier alpha value is -1.61. The highest BCUT2D eigenvalue weighted by Gasteiger charge is 2.04. The Morgan fingerprint density at radius 1 is 1.22 bits per heavy atom. The van der Waals surface area contributed by atoms with Gasteiger partial charge in [-0.05, 0) is 24.0 Å². The van der Waals surface area contributed by atoms with E-state index in [-0.39, 0.29) is 0 Å². The first-order valence-corrected chi connectivity index (χ1v) is 6.42. The summed E-state index contributed by atoms with van der Waals surface area (Å²) in [5.41, 5.74) is 10.4. The topological polar surface area (TPSA) is 43.8 Å². The highest BCUT2D eigenvalue weighted by atomic mass is 15.3. The fraction of sp³-hybridized carbons (Fsp3) is 0.400. The number of nitrogens with two attached hydrogens (primary N) is 1. The molecule has 0 aliphatic carbocycles. The van der Waals surface area contributed by atoms with Crippen molar-refractivity contribution in [2.24, 2.45) is 5.73 Å². The lowest BCUT2D eigenvalue weighted by atomic mass is 10.0. The Morgan fingerprint density at radius 2 is 1.89 bits per heavy atom. The van der Waals surface area contributed by atoms with E-state index < -0.39 is 0 Å². The third-order valence-corrected chi connectivity index (χ3v) is 3.26. The summed E-state index contributed by atoms with van der Waals surface area (Å²) >= 11 is 0. The summed E-state index contributed by atoms with van der Waals surface area (Å²) in [7, 11) is 0. The zero-order valence-electron chi connectivity index (χ0n) is 11.4. The monoisotopic (exact) mass is 243 g/mol. The van der Waals surface area contributed by atoms with Crippen molar-refractivity contribution in [3.05, 3.63) is 52.8 Å². The molecule has 1 aromatic carbocycles. The molecule has 2 aromatic rings. The summed E-state index contributed by atoms with van der Waals surface area (Å²) in [6.45, 7) is 7.77. The van der Waals surface area contributed by atoms with Crippen LogP contribution >= 0.6 is 0 Å². The number of hydrogen-bond acceptors (Lipinski definition) is 2. The molecule has 96 valence electrons. The van der Waals surface area contributed by atoms with Crippen LogP contribution in [0.5, 0.6) is 0 Å². The standard InChI is InChI=1S/C15H21N3/c1-11(2)14-6-4-13(5-7-14)9-18-10-15(8-16)12(3)17-18/h4-7,10-11H,8-9,16H2,1-3H3. The van der Waals surface area contributed by atoms with E-state index in [1.165, 1.54) is 11.1 Å². The average molecular weight is 243 g/mol. The molecule has 0 radical (unpaired) electrons. The maximum absolute atomic E-state index is 5.66. The number of aryl methyl sites for hydroxylation is 1. The Kier molecular flexibility index (Phi) is 3.82. The average Bonchev–Trinajstić information content (AvgIpc) is 2.70. The Bertz CT molecular complexity index is 509. The molecule has 3 nitrogen and oxygen atoms in total. The van der Waals surface area contributed by atoms with Crippen molar-refractivity contribution >= 4 is 0 Å². The van der Waals surface area contributed by atoms with Gasteiger partial charge in [0.15, 0.2) is 0 Å². The number of nitrogens with zero attached hydrogens (tertiary/aromatic N) is 2. The second-order valence-electron chi connectivity index (χ2n) is 5.04. The van der Waals surface area contributed by atoms with Crippen LogP contribution in [0.15, 0.2) is 30.5 Å². The fourth-order valence-corrected chi connectivity index (χ4v) is 2.04. The van der Waals surface area contributed by atoms with Crippen LogP contribution in [0.1, 0.15) is 42.1 Å². The van der Waals surface area contributed by atoms with Crippen molar-refractivity contribution in [3.63, 3.8) is 0 Å². The number of hydrogen-bond donors (Lipinski definition) is 1. The molecule has 1 heterocycles. The van der Waals surface area contributed by atoms with Gasteiger partial charge in [0.05, 0.1) is 12.2 Å². The van der Waals surface area contributed by atoms with E-state index in [1.54, 1.807) is 0 Å². The number of aromatic nitrogens is 2. The summed E-state index contributed by atoms with van der Waals surface area (Å²) in [6.07, 6.45) is 2.03. The predicted octanol–water partition coefficient (Wildman–Crippen LogP) is 2.82.